The van der Waals surface area contributed by atoms with E-state index in [2.05, 4.69) is 17.4 Å². The molecule has 1 aliphatic heterocycles. The number of ether oxygens (including phenoxy) is 1. The predicted octanol–water partition coefficient (Wildman–Crippen LogP) is 2.59. The van der Waals surface area contributed by atoms with Crippen molar-refractivity contribution in [3.63, 3.8) is 0 Å². The van der Waals surface area contributed by atoms with Crippen molar-refractivity contribution in [2.24, 2.45) is 5.41 Å². The van der Waals surface area contributed by atoms with Gasteiger partial charge in [0.2, 0.25) is 5.76 Å². The number of benzene rings is 1. The zero-order valence-electron chi connectivity index (χ0n) is 12.8. The lowest BCUT2D eigenvalue weighted by Gasteiger charge is -2.37. The molecule has 3 rings (SSSR count). The highest BCUT2D eigenvalue weighted by molar-refractivity contribution is 5.91. The van der Waals surface area contributed by atoms with Crippen molar-refractivity contribution in [1.29, 1.82) is 0 Å². The molecule has 2 aromatic rings. The molecule has 0 spiro atoms. The molecule has 1 aromatic carbocycles. The van der Waals surface area contributed by atoms with Gasteiger partial charge in [0, 0.05) is 23.9 Å². The average molecular weight is 300 g/mol. The molecule has 2 heterocycles. The average Bonchev–Trinajstić information content (AvgIpc) is 3.01. The third kappa shape index (κ3) is 3.04. The van der Waals surface area contributed by atoms with Crippen LogP contribution in [0.15, 0.2) is 40.9 Å². The fraction of sp³-hybridized carbons (Fsp3) is 0.412. The Bertz CT molecular complexity index is 647. The summed E-state index contributed by atoms with van der Waals surface area (Å²) in [5.74, 6) is 0.109. The minimum Gasteiger partial charge on any atom is -0.380 e. The maximum atomic E-state index is 12.1. The second-order valence-electron chi connectivity index (χ2n) is 6.23. The van der Waals surface area contributed by atoms with Crippen LogP contribution in [0.4, 0.5) is 0 Å². The molecule has 1 fully saturated rings. The van der Waals surface area contributed by atoms with Gasteiger partial charge in [-0.25, -0.2) is 0 Å². The Kier molecular flexibility index (Phi) is 3.98. The molecule has 0 saturated carbocycles. The summed E-state index contributed by atoms with van der Waals surface area (Å²) in [6, 6.07) is 11.7. The lowest BCUT2D eigenvalue weighted by atomic mass is 9.89. The Balaban J connectivity index is 1.64. The van der Waals surface area contributed by atoms with E-state index in [1.54, 1.807) is 6.07 Å². The number of nitrogens with zero attached hydrogens (tertiary/aromatic N) is 1. The second kappa shape index (κ2) is 5.93. The Morgan fingerprint density at radius 1 is 1.36 bits per heavy atom. The van der Waals surface area contributed by atoms with Crippen LogP contribution in [0.25, 0.3) is 0 Å². The van der Waals surface area contributed by atoms with Crippen LogP contribution >= 0.6 is 0 Å². The van der Waals surface area contributed by atoms with E-state index in [1.165, 1.54) is 0 Å². The van der Waals surface area contributed by atoms with Gasteiger partial charge in [0.25, 0.3) is 5.91 Å². The van der Waals surface area contributed by atoms with Crippen molar-refractivity contribution >= 4 is 5.91 Å². The summed E-state index contributed by atoms with van der Waals surface area (Å²) in [5, 5.41) is 6.91. The van der Waals surface area contributed by atoms with Gasteiger partial charge in [-0.15, -0.1) is 0 Å². The fourth-order valence-electron chi connectivity index (χ4n) is 2.45. The number of rotatable bonds is 5. The molecule has 116 valence electrons. The highest BCUT2D eigenvalue weighted by Crippen LogP contribution is 2.26. The number of hydrogen-bond acceptors (Lipinski definition) is 4. The first-order valence-corrected chi connectivity index (χ1v) is 7.45. The standard InChI is InChI=1S/C17H20N2O3/c1-12(13-6-4-3-5-7-13)14-8-15(22-19-14)16(20)18-9-17(2)10-21-11-17/h3-8,12H,9-11H2,1-2H3,(H,18,20). The van der Waals surface area contributed by atoms with Crippen LogP contribution in [0.3, 0.4) is 0 Å². The Morgan fingerprint density at radius 2 is 2.09 bits per heavy atom. The SMILES string of the molecule is CC(c1ccccc1)c1cc(C(=O)NCC2(C)COC2)on1. The topological polar surface area (TPSA) is 64.4 Å². The molecular formula is C17H20N2O3. The van der Waals surface area contributed by atoms with E-state index in [0.717, 1.165) is 11.3 Å². The summed E-state index contributed by atoms with van der Waals surface area (Å²) in [6.07, 6.45) is 0. The van der Waals surface area contributed by atoms with Gasteiger partial charge < -0.3 is 14.6 Å². The van der Waals surface area contributed by atoms with Crippen LogP contribution in [0.1, 0.15) is 41.6 Å². The highest BCUT2D eigenvalue weighted by atomic mass is 16.5. The molecule has 22 heavy (non-hydrogen) atoms. The predicted molar refractivity (Wildman–Crippen MR) is 81.7 cm³/mol. The van der Waals surface area contributed by atoms with Crippen molar-refractivity contribution in [1.82, 2.24) is 10.5 Å². The summed E-state index contributed by atoms with van der Waals surface area (Å²) in [5.41, 5.74) is 1.94. The monoisotopic (exact) mass is 300 g/mol. The molecule has 5 nitrogen and oxygen atoms in total. The van der Waals surface area contributed by atoms with Gasteiger partial charge in [0.05, 0.1) is 18.9 Å². The minimum atomic E-state index is -0.230. The fourth-order valence-corrected chi connectivity index (χ4v) is 2.45. The van der Waals surface area contributed by atoms with Crippen molar-refractivity contribution in [3.8, 4) is 0 Å². The van der Waals surface area contributed by atoms with Crippen LogP contribution in [0.5, 0.6) is 0 Å². The minimum absolute atomic E-state index is 0.0375. The molecule has 1 aliphatic rings. The summed E-state index contributed by atoms with van der Waals surface area (Å²) in [7, 11) is 0. The molecule has 0 aliphatic carbocycles. The van der Waals surface area contributed by atoms with Crippen LogP contribution in [-0.4, -0.2) is 30.8 Å². The van der Waals surface area contributed by atoms with Crippen molar-refractivity contribution in [2.75, 3.05) is 19.8 Å². The summed E-state index contributed by atoms with van der Waals surface area (Å²) < 4.78 is 10.4. The first-order valence-electron chi connectivity index (χ1n) is 7.45. The smallest absolute Gasteiger partial charge is 0.289 e. The van der Waals surface area contributed by atoms with Crippen LogP contribution in [0, 0.1) is 5.41 Å². The highest BCUT2D eigenvalue weighted by Gasteiger charge is 2.34. The van der Waals surface area contributed by atoms with E-state index in [-0.39, 0.29) is 23.0 Å². The van der Waals surface area contributed by atoms with Gasteiger partial charge in [-0.2, -0.15) is 0 Å². The largest absolute Gasteiger partial charge is 0.380 e. The van der Waals surface area contributed by atoms with Gasteiger partial charge in [-0.1, -0.05) is 49.3 Å². The number of carbonyl (C=O) groups is 1. The van der Waals surface area contributed by atoms with E-state index in [0.29, 0.717) is 19.8 Å². The van der Waals surface area contributed by atoms with E-state index in [1.807, 2.05) is 37.3 Å². The molecule has 1 saturated heterocycles. The molecule has 0 bridgehead atoms. The quantitative estimate of drug-likeness (QED) is 0.922. The van der Waals surface area contributed by atoms with Crippen molar-refractivity contribution in [2.45, 2.75) is 19.8 Å². The van der Waals surface area contributed by atoms with Crippen molar-refractivity contribution in [3.05, 3.63) is 53.4 Å². The maximum Gasteiger partial charge on any atom is 0.289 e. The zero-order chi connectivity index (χ0) is 15.6. The second-order valence-corrected chi connectivity index (χ2v) is 6.23. The lowest BCUT2D eigenvalue weighted by molar-refractivity contribution is -0.0978. The molecule has 1 atom stereocenters. The summed E-state index contributed by atoms with van der Waals surface area (Å²) in [6.45, 7) is 6.07. The summed E-state index contributed by atoms with van der Waals surface area (Å²) in [4.78, 5) is 12.1. The Hall–Kier alpha value is -2.14. The molecule has 1 unspecified atom stereocenters. The third-order valence-corrected chi connectivity index (χ3v) is 4.07. The Morgan fingerprint density at radius 3 is 2.73 bits per heavy atom. The number of nitrogens with one attached hydrogen (secondary N) is 1. The molecular weight excluding hydrogens is 280 g/mol. The van der Waals surface area contributed by atoms with E-state index < -0.39 is 0 Å². The molecule has 1 N–H and O–H groups in total. The van der Waals surface area contributed by atoms with Crippen LogP contribution in [0.2, 0.25) is 0 Å². The van der Waals surface area contributed by atoms with E-state index in [9.17, 15) is 4.79 Å². The molecule has 0 radical (unpaired) electrons. The molecule has 1 amide bonds. The van der Waals surface area contributed by atoms with Gasteiger partial charge in [0.1, 0.15) is 0 Å². The summed E-state index contributed by atoms with van der Waals surface area (Å²) >= 11 is 0. The van der Waals surface area contributed by atoms with Crippen molar-refractivity contribution < 1.29 is 14.1 Å². The van der Waals surface area contributed by atoms with Crippen LogP contribution < -0.4 is 5.32 Å². The van der Waals surface area contributed by atoms with Gasteiger partial charge in [-0.3, -0.25) is 4.79 Å². The van der Waals surface area contributed by atoms with Gasteiger partial charge in [-0.05, 0) is 5.56 Å². The number of hydrogen-bond donors (Lipinski definition) is 1. The van der Waals surface area contributed by atoms with Gasteiger partial charge >= 0.3 is 0 Å². The number of aromatic nitrogens is 1. The first kappa shape index (κ1) is 14.8. The number of amides is 1. The van der Waals surface area contributed by atoms with Gasteiger partial charge in [0.15, 0.2) is 0 Å². The van der Waals surface area contributed by atoms with E-state index in [4.69, 9.17) is 9.26 Å². The number of carbonyl (C=O) groups excluding carboxylic acids is 1. The van der Waals surface area contributed by atoms with Crippen LogP contribution in [-0.2, 0) is 4.74 Å². The zero-order valence-corrected chi connectivity index (χ0v) is 12.8. The third-order valence-electron chi connectivity index (χ3n) is 4.07. The molecule has 5 heteroatoms. The lowest BCUT2D eigenvalue weighted by Crippen LogP contribution is -2.48. The van der Waals surface area contributed by atoms with E-state index >= 15 is 0 Å². The maximum absolute atomic E-state index is 12.1. The molecule has 1 aromatic heterocycles. The Labute approximate surface area is 129 Å². The first-order chi connectivity index (χ1) is 10.6. The normalized spacial score (nSPS) is 17.5.